The van der Waals surface area contributed by atoms with Gasteiger partial charge in [-0.3, -0.25) is 4.79 Å². The summed E-state index contributed by atoms with van der Waals surface area (Å²) in [6.45, 7) is 0.639. The van der Waals surface area contributed by atoms with Crippen LogP contribution in [0.4, 0.5) is 0 Å². The SMILES string of the molecule is O=C(NC1(C(=O)O)CCOCC1)c1ccc(I)c(Cl)c1. The lowest BCUT2D eigenvalue weighted by Gasteiger charge is -2.33. The van der Waals surface area contributed by atoms with E-state index in [4.69, 9.17) is 16.3 Å². The summed E-state index contributed by atoms with van der Waals surface area (Å²) in [4.78, 5) is 23.7. The fourth-order valence-electron chi connectivity index (χ4n) is 2.04. The highest BCUT2D eigenvalue weighted by Crippen LogP contribution is 2.23. The van der Waals surface area contributed by atoms with Crippen molar-refractivity contribution in [2.75, 3.05) is 13.2 Å². The first-order valence-electron chi connectivity index (χ1n) is 6.03. The van der Waals surface area contributed by atoms with E-state index in [2.05, 4.69) is 27.9 Å². The van der Waals surface area contributed by atoms with E-state index < -0.39 is 17.4 Å². The molecule has 2 rings (SSSR count). The normalized spacial score (nSPS) is 17.5. The van der Waals surface area contributed by atoms with Crippen molar-refractivity contribution < 1.29 is 19.4 Å². The molecule has 108 valence electrons. The van der Waals surface area contributed by atoms with Crippen LogP contribution in [0.2, 0.25) is 5.02 Å². The molecule has 0 unspecified atom stereocenters. The van der Waals surface area contributed by atoms with Crippen LogP contribution in [0.3, 0.4) is 0 Å². The van der Waals surface area contributed by atoms with Gasteiger partial charge in [-0.1, -0.05) is 11.6 Å². The van der Waals surface area contributed by atoms with E-state index in [1.54, 1.807) is 12.1 Å². The highest BCUT2D eigenvalue weighted by Gasteiger charge is 2.41. The van der Waals surface area contributed by atoms with Gasteiger partial charge in [0.05, 0.1) is 5.02 Å². The van der Waals surface area contributed by atoms with Crippen LogP contribution in [-0.4, -0.2) is 35.7 Å². The minimum Gasteiger partial charge on any atom is -0.480 e. The summed E-state index contributed by atoms with van der Waals surface area (Å²) in [7, 11) is 0. The minimum atomic E-state index is -1.26. The van der Waals surface area contributed by atoms with E-state index in [1.165, 1.54) is 6.07 Å². The highest BCUT2D eigenvalue weighted by molar-refractivity contribution is 14.1. The zero-order valence-electron chi connectivity index (χ0n) is 10.5. The molecule has 0 bridgehead atoms. The summed E-state index contributed by atoms with van der Waals surface area (Å²) in [5.41, 5.74) is -0.910. The third-order valence-electron chi connectivity index (χ3n) is 3.29. The Morgan fingerprint density at radius 1 is 1.35 bits per heavy atom. The monoisotopic (exact) mass is 409 g/mol. The molecule has 0 radical (unpaired) electrons. The van der Waals surface area contributed by atoms with Gasteiger partial charge in [-0.25, -0.2) is 4.79 Å². The maximum Gasteiger partial charge on any atom is 0.329 e. The van der Waals surface area contributed by atoms with Crippen LogP contribution in [0.15, 0.2) is 18.2 Å². The van der Waals surface area contributed by atoms with Crippen LogP contribution in [0.25, 0.3) is 0 Å². The Hall–Kier alpha value is -0.860. The van der Waals surface area contributed by atoms with Gasteiger partial charge in [-0.15, -0.1) is 0 Å². The zero-order valence-corrected chi connectivity index (χ0v) is 13.4. The quantitative estimate of drug-likeness (QED) is 0.751. The summed E-state index contributed by atoms with van der Waals surface area (Å²) >= 11 is 8.03. The standard InChI is InChI=1S/C13H13ClINO4/c14-9-7-8(1-2-10(9)15)11(17)16-13(12(18)19)3-5-20-6-4-13/h1-2,7H,3-6H2,(H,16,17)(H,18,19). The van der Waals surface area contributed by atoms with Crippen LogP contribution in [0.1, 0.15) is 23.2 Å². The van der Waals surface area contributed by atoms with Crippen molar-refractivity contribution in [2.24, 2.45) is 0 Å². The van der Waals surface area contributed by atoms with Crippen LogP contribution in [-0.2, 0) is 9.53 Å². The van der Waals surface area contributed by atoms with Crippen LogP contribution in [0, 0.1) is 3.57 Å². The lowest BCUT2D eigenvalue weighted by molar-refractivity contribution is -0.148. The summed E-state index contributed by atoms with van der Waals surface area (Å²) in [5, 5.41) is 12.5. The molecule has 0 aliphatic carbocycles. The Morgan fingerprint density at radius 2 is 2.00 bits per heavy atom. The number of nitrogens with one attached hydrogen (secondary N) is 1. The molecule has 0 aromatic heterocycles. The number of hydrogen-bond acceptors (Lipinski definition) is 3. The molecule has 1 aliphatic heterocycles. The van der Waals surface area contributed by atoms with Crippen molar-refractivity contribution in [3.05, 3.63) is 32.4 Å². The lowest BCUT2D eigenvalue weighted by Crippen LogP contribution is -2.57. The molecule has 1 aromatic rings. The first-order chi connectivity index (χ1) is 9.44. The van der Waals surface area contributed by atoms with E-state index in [0.29, 0.717) is 23.8 Å². The molecular weight excluding hydrogens is 397 g/mol. The Balaban J connectivity index is 2.20. The Morgan fingerprint density at radius 3 is 2.55 bits per heavy atom. The number of carboxylic acids is 1. The second kappa shape index (κ2) is 6.28. The number of hydrogen-bond donors (Lipinski definition) is 2. The van der Waals surface area contributed by atoms with E-state index >= 15 is 0 Å². The molecule has 1 heterocycles. The molecule has 20 heavy (non-hydrogen) atoms. The maximum absolute atomic E-state index is 12.2. The number of carbonyl (C=O) groups excluding carboxylic acids is 1. The Kier molecular flexibility index (Phi) is 4.87. The van der Waals surface area contributed by atoms with Gasteiger partial charge in [0.2, 0.25) is 0 Å². The van der Waals surface area contributed by atoms with Gasteiger partial charge in [0.1, 0.15) is 5.54 Å². The van der Waals surface area contributed by atoms with Crippen LogP contribution < -0.4 is 5.32 Å². The number of carboxylic acid groups (broad SMARTS) is 1. The van der Waals surface area contributed by atoms with Crippen molar-refractivity contribution in [3.8, 4) is 0 Å². The average Bonchev–Trinajstić information content (AvgIpc) is 2.42. The number of halogens is 2. The predicted octanol–water partition coefficient (Wildman–Crippen LogP) is 2.31. The van der Waals surface area contributed by atoms with Crippen molar-refractivity contribution in [2.45, 2.75) is 18.4 Å². The van der Waals surface area contributed by atoms with Crippen molar-refractivity contribution in [1.82, 2.24) is 5.32 Å². The second-order valence-electron chi connectivity index (χ2n) is 4.58. The van der Waals surface area contributed by atoms with E-state index in [0.717, 1.165) is 3.57 Å². The molecule has 1 aliphatic rings. The van der Waals surface area contributed by atoms with Gasteiger partial charge < -0.3 is 15.2 Å². The largest absolute Gasteiger partial charge is 0.480 e. The molecule has 0 spiro atoms. The van der Waals surface area contributed by atoms with E-state index in [1.807, 2.05) is 0 Å². The number of aliphatic carboxylic acids is 1. The third kappa shape index (κ3) is 3.24. The van der Waals surface area contributed by atoms with Gasteiger partial charge in [0, 0.05) is 35.2 Å². The first-order valence-corrected chi connectivity index (χ1v) is 7.49. The van der Waals surface area contributed by atoms with E-state index in [9.17, 15) is 14.7 Å². The smallest absolute Gasteiger partial charge is 0.329 e. The maximum atomic E-state index is 12.2. The molecule has 0 saturated carbocycles. The predicted molar refractivity (Wildman–Crippen MR) is 82.1 cm³/mol. The molecular formula is C13H13ClINO4. The van der Waals surface area contributed by atoms with Crippen molar-refractivity contribution in [3.63, 3.8) is 0 Å². The van der Waals surface area contributed by atoms with Gasteiger partial charge in [0.15, 0.2) is 0 Å². The fourth-order valence-corrected chi connectivity index (χ4v) is 2.56. The average molecular weight is 410 g/mol. The molecule has 1 fully saturated rings. The topological polar surface area (TPSA) is 75.6 Å². The number of carbonyl (C=O) groups is 2. The molecule has 2 N–H and O–H groups in total. The van der Waals surface area contributed by atoms with Crippen molar-refractivity contribution >= 4 is 46.1 Å². The zero-order chi connectivity index (χ0) is 14.8. The first kappa shape index (κ1) is 15.5. The highest BCUT2D eigenvalue weighted by atomic mass is 127. The van der Waals surface area contributed by atoms with Crippen LogP contribution in [0.5, 0.6) is 0 Å². The molecule has 0 atom stereocenters. The lowest BCUT2D eigenvalue weighted by atomic mass is 9.89. The minimum absolute atomic E-state index is 0.256. The van der Waals surface area contributed by atoms with Gasteiger partial charge in [-0.2, -0.15) is 0 Å². The van der Waals surface area contributed by atoms with Gasteiger partial charge in [0.25, 0.3) is 5.91 Å². The number of amides is 1. The summed E-state index contributed by atoms with van der Waals surface area (Å²) in [6, 6.07) is 4.88. The third-order valence-corrected chi connectivity index (χ3v) is 4.86. The van der Waals surface area contributed by atoms with Crippen LogP contribution >= 0.6 is 34.2 Å². The van der Waals surface area contributed by atoms with Crippen molar-refractivity contribution in [1.29, 1.82) is 0 Å². The Bertz CT molecular complexity index is 543. The molecule has 5 nitrogen and oxygen atoms in total. The number of rotatable bonds is 3. The summed E-state index contributed by atoms with van der Waals surface area (Å²) in [5.74, 6) is -1.47. The van der Waals surface area contributed by atoms with Gasteiger partial charge in [-0.05, 0) is 40.8 Å². The van der Waals surface area contributed by atoms with E-state index in [-0.39, 0.29) is 12.8 Å². The molecule has 1 saturated heterocycles. The second-order valence-corrected chi connectivity index (χ2v) is 6.15. The molecule has 7 heteroatoms. The Labute approximate surface area is 134 Å². The molecule has 1 amide bonds. The summed E-state index contributed by atoms with van der Waals surface area (Å²) < 4.78 is 5.99. The number of ether oxygens (including phenoxy) is 1. The molecule has 1 aromatic carbocycles. The van der Waals surface area contributed by atoms with Gasteiger partial charge >= 0.3 is 5.97 Å². The fraction of sp³-hybridized carbons (Fsp3) is 0.385. The summed E-state index contributed by atoms with van der Waals surface area (Å²) in [6.07, 6.45) is 0.512. The number of benzene rings is 1.